The fourth-order valence-corrected chi connectivity index (χ4v) is 0.486. The molecule has 0 spiro atoms. The first-order valence-corrected chi connectivity index (χ1v) is 4.20. The first-order chi connectivity index (χ1) is 6.58. The first-order valence-electron chi connectivity index (χ1n) is 4.20. The van der Waals surface area contributed by atoms with E-state index in [1.54, 1.807) is 13.2 Å². The quantitative estimate of drug-likeness (QED) is 0.518. The number of rotatable bonds is 3. The standard InChI is InChI=1S/C6H10F3O.C4H5O.U/c1-3-4-5(2,10)6(7,8)9;1-4(2)3-5;/h10H,1,3-4H2,2H3;1H2,2H3;/q2*-1;+2. The van der Waals surface area contributed by atoms with E-state index in [0.29, 0.717) is 5.57 Å². The molecule has 16 heavy (non-hydrogen) atoms. The van der Waals surface area contributed by atoms with E-state index in [4.69, 9.17) is 5.11 Å². The molecule has 2 nitrogen and oxygen atoms in total. The van der Waals surface area contributed by atoms with Crippen LogP contribution in [0.15, 0.2) is 12.2 Å². The maximum Gasteiger partial charge on any atom is 2.00 e. The number of halogens is 3. The second-order valence-corrected chi connectivity index (χ2v) is 3.26. The van der Waals surface area contributed by atoms with E-state index in [9.17, 15) is 18.0 Å². The van der Waals surface area contributed by atoms with E-state index in [2.05, 4.69) is 13.5 Å². The van der Waals surface area contributed by atoms with Gasteiger partial charge in [0.05, 0.1) is 0 Å². The van der Waals surface area contributed by atoms with E-state index in [1.165, 1.54) is 0 Å². The summed E-state index contributed by atoms with van der Waals surface area (Å²) in [5, 5.41) is 8.69. The van der Waals surface area contributed by atoms with Gasteiger partial charge in [0, 0.05) is 0 Å². The maximum absolute atomic E-state index is 11.7. The minimum atomic E-state index is -4.54. The smallest absolute Gasteiger partial charge is 0.419 e. The minimum absolute atomic E-state index is 0. The molecule has 0 fully saturated rings. The zero-order chi connectivity index (χ0) is 12.7. The molecule has 0 aliphatic heterocycles. The molecule has 0 amide bonds. The van der Waals surface area contributed by atoms with Crippen LogP contribution in [-0.2, 0) is 4.79 Å². The van der Waals surface area contributed by atoms with E-state index in [1.807, 2.05) is 0 Å². The molecule has 6 heteroatoms. The van der Waals surface area contributed by atoms with Crippen molar-refractivity contribution in [3.8, 4) is 0 Å². The van der Waals surface area contributed by atoms with Gasteiger partial charge in [0.1, 0.15) is 0 Å². The van der Waals surface area contributed by atoms with Crippen molar-refractivity contribution < 1.29 is 54.2 Å². The van der Waals surface area contributed by atoms with Crippen LogP contribution in [0, 0.1) is 38.0 Å². The second-order valence-electron chi connectivity index (χ2n) is 3.26. The Morgan fingerprint density at radius 1 is 1.50 bits per heavy atom. The zero-order valence-electron chi connectivity index (χ0n) is 9.32. The molecule has 1 atom stereocenters. The van der Waals surface area contributed by atoms with Crippen LogP contribution in [0.25, 0.3) is 0 Å². The molecule has 0 bridgehead atoms. The van der Waals surface area contributed by atoms with E-state index >= 15 is 0 Å². The monoisotopic (exact) mass is 462 g/mol. The Labute approximate surface area is 118 Å². The predicted octanol–water partition coefficient (Wildman–Crippen LogP) is 2.59. The molecule has 92 valence electrons. The molecule has 0 aliphatic carbocycles. The van der Waals surface area contributed by atoms with Gasteiger partial charge in [0.2, 0.25) is 0 Å². The normalized spacial score (nSPS) is 13.7. The Morgan fingerprint density at radius 2 is 1.81 bits per heavy atom. The van der Waals surface area contributed by atoms with Crippen molar-refractivity contribution in [3.63, 3.8) is 0 Å². The molecular formula is C10H15F3O2U. The van der Waals surface area contributed by atoms with Crippen molar-refractivity contribution in [2.24, 2.45) is 0 Å². The third-order valence-corrected chi connectivity index (χ3v) is 1.45. The van der Waals surface area contributed by atoms with Gasteiger partial charge in [0.15, 0.2) is 5.60 Å². The van der Waals surface area contributed by atoms with Crippen molar-refractivity contribution in [1.82, 2.24) is 0 Å². The fraction of sp³-hybridized carbons (Fsp3) is 0.600. The molecular weight excluding hydrogens is 447 g/mol. The number of hydrogen-bond acceptors (Lipinski definition) is 2. The van der Waals surface area contributed by atoms with Crippen LogP contribution in [0.5, 0.6) is 0 Å². The maximum atomic E-state index is 11.7. The average Bonchev–Trinajstić information content (AvgIpc) is 2.03. The van der Waals surface area contributed by atoms with Crippen LogP contribution < -0.4 is 0 Å². The van der Waals surface area contributed by atoms with E-state index in [0.717, 1.165) is 6.92 Å². The molecule has 0 aromatic heterocycles. The largest absolute Gasteiger partial charge is 2.00 e. The second kappa shape index (κ2) is 9.26. The number of carbonyl (C=O) groups excluding carboxylic acids is 1. The zero-order valence-corrected chi connectivity index (χ0v) is 13.5. The summed E-state index contributed by atoms with van der Waals surface area (Å²) in [7, 11) is 0. The van der Waals surface area contributed by atoms with Gasteiger partial charge in [-0.3, -0.25) is 0 Å². The van der Waals surface area contributed by atoms with Crippen LogP contribution >= 0.6 is 0 Å². The van der Waals surface area contributed by atoms with E-state index in [-0.39, 0.29) is 44.0 Å². The third kappa shape index (κ3) is 10.7. The van der Waals surface area contributed by atoms with Crippen molar-refractivity contribution in [2.75, 3.05) is 0 Å². The number of allylic oxidation sites excluding steroid dienone is 1. The first kappa shape index (κ1) is 21.5. The summed E-state index contributed by atoms with van der Waals surface area (Å²) in [6.07, 6.45) is -3.23. The summed E-state index contributed by atoms with van der Waals surface area (Å²) in [5.41, 5.74) is -2.13. The molecule has 0 radical (unpaired) electrons. The van der Waals surface area contributed by atoms with Crippen molar-refractivity contribution in [1.29, 1.82) is 0 Å². The Morgan fingerprint density at radius 3 is 1.88 bits per heavy atom. The summed E-state index contributed by atoms with van der Waals surface area (Å²) in [6.45, 7) is 8.83. The van der Waals surface area contributed by atoms with Crippen LogP contribution in [0.3, 0.4) is 0 Å². The molecule has 0 rings (SSSR count). The van der Waals surface area contributed by atoms with Crippen molar-refractivity contribution >= 4 is 6.29 Å². The van der Waals surface area contributed by atoms with Crippen molar-refractivity contribution in [3.05, 3.63) is 19.1 Å². The van der Waals surface area contributed by atoms with Gasteiger partial charge in [-0.1, -0.05) is 6.92 Å². The van der Waals surface area contributed by atoms with Gasteiger partial charge in [-0.25, -0.2) is 6.58 Å². The summed E-state index contributed by atoms with van der Waals surface area (Å²) in [6, 6.07) is 0. The number of alkyl halides is 3. The summed E-state index contributed by atoms with van der Waals surface area (Å²) >= 11 is 0. The topological polar surface area (TPSA) is 37.3 Å². The van der Waals surface area contributed by atoms with Gasteiger partial charge in [-0.15, -0.1) is 0 Å². The Balaban J connectivity index is -0.000000242. The fourth-order valence-electron chi connectivity index (χ4n) is 0.486. The van der Waals surface area contributed by atoms with Gasteiger partial charge in [0.25, 0.3) is 0 Å². The Hall–Kier alpha value is 0.212. The third-order valence-electron chi connectivity index (χ3n) is 1.45. The molecule has 1 N–H and O–H groups in total. The average molecular weight is 462 g/mol. The molecule has 0 saturated heterocycles. The van der Waals surface area contributed by atoms with Gasteiger partial charge in [-0.05, 0) is 19.6 Å². The molecule has 0 aromatic carbocycles. The van der Waals surface area contributed by atoms with Gasteiger partial charge in [-0.2, -0.15) is 25.2 Å². The van der Waals surface area contributed by atoms with E-state index < -0.39 is 11.8 Å². The summed E-state index contributed by atoms with van der Waals surface area (Å²) in [5.74, 6) is 0. The summed E-state index contributed by atoms with van der Waals surface area (Å²) < 4.78 is 35.2. The SMILES string of the molecule is C=C(C)[C-]=O.[CH2-]CCC(C)(O)C(F)(F)F.[U+2]. The molecule has 0 saturated carbocycles. The number of hydrogen-bond donors (Lipinski definition) is 1. The molecule has 0 aliphatic rings. The number of aliphatic hydroxyl groups is 1. The minimum Gasteiger partial charge on any atom is -0.419 e. The van der Waals surface area contributed by atoms with Crippen LogP contribution in [0.4, 0.5) is 13.2 Å². The summed E-state index contributed by atoms with van der Waals surface area (Å²) in [4.78, 5) is 9.28. The van der Waals surface area contributed by atoms with Crippen LogP contribution in [0.2, 0.25) is 0 Å². The van der Waals surface area contributed by atoms with Crippen LogP contribution in [-0.4, -0.2) is 23.2 Å². The Kier molecular flexibility index (Phi) is 12.4. The van der Waals surface area contributed by atoms with Gasteiger partial charge < -0.3 is 16.8 Å². The molecule has 0 heterocycles. The molecule has 1 unspecified atom stereocenters. The predicted molar refractivity (Wildman–Crippen MR) is 51.8 cm³/mol. The Bertz CT molecular complexity index is 213. The molecule has 0 aromatic rings. The van der Waals surface area contributed by atoms with Gasteiger partial charge >= 0.3 is 37.3 Å². The van der Waals surface area contributed by atoms with Crippen LogP contribution in [0.1, 0.15) is 26.7 Å². The van der Waals surface area contributed by atoms with Crippen molar-refractivity contribution in [2.45, 2.75) is 38.5 Å².